The number of hydrogen-bond donors (Lipinski definition) is 2. The zero-order valence-electron chi connectivity index (χ0n) is 18.7. The van der Waals surface area contributed by atoms with Gasteiger partial charge in [0.15, 0.2) is 5.82 Å². The zero-order valence-corrected chi connectivity index (χ0v) is 18.7. The average molecular weight is 460 g/mol. The van der Waals surface area contributed by atoms with Crippen molar-refractivity contribution >= 4 is 28.8 Å². The lowest BCUT2D eigenvalue weighted by Crippen LogP contribution is -2.06. The Morgan fingerprint density at radius 1 is 0.914 bits per heavy atom. The molecule has 3 heterocycles. The maximum atomic E-state index is 10.9. The molecule has 0 fully saturated rings. The minimum atomic E-state index is -1.02. The third-order valence-corrected chi connectivity index (χ3v) is 5.41. The highest BCUT2D eigenvalue weighted by molar-refractivity contribution is 6.02. The van der Waals surface area contributed by atoms with Gasteiger partial charge in [-0.25, -0.2) is 14.8 Å². The number of rotatable bonds is 7. The molecule has 0 unspecified atom stereocenters. The highest BCUT2D eigenvalue weighted by atomic mass is 16.4. The number of carboxylic acids is 1. The molecular weight excluding hydrogens is 438 g/mol. The molecule has 7 heteroatoms. The van der Waals surface area contributed by atoms with Crippen LogP contribution in [0.2, 0.25) is 0 Å². The summed E-state index contributed by atoms with van der Waals surface area (Å²) >= 11 is 0. The molecule has 0 saturated carbocycles. The normalized spacial score (nSPS) is 11.1. The highest BCUT2D eigenvalue weighted by Crippen LogP contribution is 2.34. The Balaban J connectivity index is 1.64. The van der Waals surface area contributed by atoms with E-state index in [9.17, 15) is 4.79 Å². The van der Waals surface area contributed by atoms with Crippen LogP contribution in [0.25, 0.3) is 39.5 Å². The van der Waals surface area contributed by atoms with Crippen LogP contribution in [0.5, 0.6) is 0 Å². The number of carboxylic acid groups (broad SMARTS) is 1. The predicted molar refractivity (Wildman–Crippen MR) is 136 cm³/mol. The summed E-state index contributed by atoms with van der Waals surface area (Å²) in [5.41, 5.74) is 5.10. The Labute approximate surface area is 201 Å². The first kappa shape index (κ1) is 21.9. The number of nitrogens with zero attached hydrogens (tertiary/aromatic N) is 4. The lowest BCUT2D eigenvalue weighted by atomic mass is 10.0. The summed E-state index contributed by atoms with van der Waals surface area (Å²) in [6.07, 6.45) is 7.60. The number of pyridine rings is 2. The first-order valence-corrected chi connectivity index (χ1v) is 11.0. The summed E-state index contributed by atoms with van der Waals surface area (Å²) in [5, 5.41) is 13.3. The Morgan fingerprint density at radius 2 is 1.77 bits per heavy atom. The number of nitrogens with one attached hydrogen (secondary N) is 1. The molecule has 170 valence electrons. The molecule has 0 atom stereocenters. The summed E-state index contributed by atoms with van der Waals surface area (Å²) in [4.78, 5) is 29.3. The first-order chi connectivity index (χ1) is 17.2. The van der Waals surface area contributed by atoms with E-state index in [1.54, 1.807) is 18.6 Å². The molecule has 0 aliphatic rings. The van der Waals surface area contributed by atoms with Crippen LogP contribution >= 0.6 is 0 Å². The van der Waals surface area contributed by atoms with Crippen molar-refractivity contribution in [2.24, 2.45) is 0 Å². The van der Waals surface area contributed by atoms with E-state index in [-0.39, 0.29) is 0 Å². The van der Waals surface area contributed by atoms with Crippen LogP contribution in [0.4, 0.5) is 5.82 Å². The molecule has 0 bridgehead atoms. The van der Waals surface area contributed by atoms with E-state index in [0.29, 0.717) is 29.3 Å². The molecule has 0 saturated heterocycles. The van der Waals surface area contributed by atoms with Crippen molar-refractivity contribution in [2.45, 2.75) is 6.54 Å². The highest BCUT2D eigenvalue weighted by Gasteiger charge is 2.15. The van der Waals surface area contributed by atoms with E-state index in [2.05, 4.69) is 33.5 Å². The summed E-state index contributed by atoms with van der Waals surface area (Å²) in [5.74, 6) is 0.151. The summed E-state index contributed by atoms with van der Waals surface area (Å²) in [6.45, 7) is 0.495. The van der Waals surface area contributed by atoms with E-state index in [4.69, 9.17) is 15.1 Å². The SMILES string of the molecule is O=C(O)/C=C/c1cncc(-c2nc(NCc3ccccn3)c3c(-c4ccccc4)cccc3n2)c1. The van der Waals surface area contributed by atoms with Gasteiger partial charge in [-0.05, 0) is 47.0 Å². The second kappa shape index (κ2) is 9.93. The monoisotopic (exact) mass is 459 g/mol. The first-order valence-electron chi connectivity index (χ1n) is 11.0. The fraction of sp³-hybridized carbons (Fsp3) is 0.0357. The Kier molecular flexibility index (Phi) is 6.21. The molecule has 0 spiro atoms. The Hall–Kier alpha value is -4.91. The summed E-state index contributed by atoms with van der Waals surface area (Å²) in [6, 6.07) is 23.7. The molecule has 2 N–H and O–H groups in total. The molecule has 3 aromatic heterocycles. The number of aromatic nitrogens is 4. The predicted octanol–water partition coefficient (Wildman–Crippen LogP) is 5.46. The van der Waals surface area contributed by atoms with Gasteiger partial charge in [-0.3, -0.25) is 9.97 Å². The van der Waals surface area contributed by atoms with Gasteiger partial charge >= 0.3 is 5.97 Å². The number of fused-ring (bicyclic) bond motifs is 1. The maximum Gasteiger partial charge on any atom is 0.328 e. The van der Waals surface area contributed by atoms with Gasteiger partial charge in [-0.2, -0.15) is 0 Å². The molecule has 0 radical (unpaired) electrons. The van der Waals surface area contributed by atoms with Gasteiger partial charge in [0, 0.05) is 30.2 Å². The van der Waals surface area contributed by atoms with Crippen molar-refractivity contribution in [3.8, 4) is 22.5 Å². The molecule has 0 aliphatic heterocycles. The van der Waals surface area contributed by atoms with E-state index in [1.165, 1.54) is 6.08 Å². The summed E-state index contributed by atoms with van der Waals surface area (Å²) in [7, 11) is 0. The van der Waals surface area contributed by atoms with Gasteiger partial charge < -0.3 is 10.4 Å². The van der Waals surface area contributed by atoms with Crippen LogP contribution in [-0.4, -0.2) is 31.0 Å². The lowest BCUT2D eigenvalue weighted by molar-refractivity contribution is -0.131. The van der Waals surface area contributed by atoms with Gasteiger partial charge in [0.2, 0.25) is 0 Å². The largest absolute Gasteiger partial charge is 0.478 e. The van der Waals surface area contributed by atoms with Crippen molar-refractivity contribution in [3.63, 3.8) is 0 Å². The van der Waals surface area contributed by atoms with Crippen molar-refractivity contribution in [3.05, 3.63) is 109 Å². The van der Waals surface area contributed by atoms with Crippen LogP contribution in [0.15, 0.2) is 97.5 Å². The molecular formula is C28H21N5O2. The molecule has 5 rings (SSSR count). The van der Waals surface area contributed by atoms with E-state index in [1.807, 2.05) is 54.6 Å². The zero-order chi connectivity index (χ0) is 24.0. The van der Waals surface area contributed by atoms with E-state index < -0.39 is 5.97 Å². The minimum Gasteiger partial charge on any atom is -0.478 e. The fourth-order valence-electron chi connectivity index (χ4n) is 3.81. The number of benzene rings is 2. The van der Waals surface area contributed by atoms with Gasteiger partial charge in [0.25, 0.3) is 0 Å². The number of anilines is 1. The van der Waals surface area contributed by atoms with E-state index >= 15 is 0 Å². The number of carbonyl (C=O) groups is 1. The third kappa shape index (κ3) is 5.04. The van der Waals surface area contributed by atoms with Crippen LogP contribution in [0.1, 0.15) is 11.3 Å². The average Bonchev–Trinajstić information content (AvgIpc) is 2.91. The van der Waals surface area contributed by atoms with Crippen LogP contribution < -0.4 is 5.32 Å². The Morgan fingerprint density at radius 3 is 2.57 bits per heavy atom. The quantitative estimate of drug-likeness (QED) is 0.312. The number of hydrogen-bond acceptors (Lipinski definition) is 6. The molecule has 2 aromatic carbocycles. The Bertz CT molecular complexity index is 1520. The third-order valence-electron chi connectivity index (χ3n) is 5.41. The second-order valence-corrected chi connectivity index (χ2v) is 7.81. The topological polar surface area (TPSA) is 101 Å². The van der Waals surface area contributed by atoms with Gasteiger partial charge in [-0.1, -0.05) is 48.5 Å². The van der Waals surface area contributed by atoms with Crippen molar-refractivity contribution in [1.29, 1.82) is 0 Å². The lowest BCUT2D eigenvalue weighted by Gasteiger charge is -2.14. The van der Waals surface area contributed by atoms with Crippen LogP contribution in [-0.2, 0) is 11.3 Å². The number of aliphatic carboxylic acids is 1. The molecule has 5 aromatic rings. The molecule has 7 nitrogen and oxygen atoms in total. The molecule has 0 amide bonds. The van der Waals surface area contributed by atoms with Crippen molar-refractivity contribution in [1.82, 2.24) is 19.9 Å². The van der Waals surface area contributed by atoms with E-state index in [0.717, 1.165) is 33.8 Å². The van der Waals surface area contributed by atoms with Crippen molar-refractivity contribution < 1.29 is 9.90 Å². The maximum absolute atomic E-state index is 10.9. The van der Waals surface area contributed by atoms with Crippen molar-refractivity contribution in [2.75, 3.05) is 5.32 Å². The van der Waals surface area contributed by atoms with Crippen LogP contribution in [0, 0.1) is 0 Å². The standard InChI is InChI=1S/C28H21N5O2/c34-25(35)13-12-19-15-21(17-29-16-19)27-32-24-11-6-10-23(20-7-2-1-3-8-20)26(24)28(33-27)31-18-22-9-4-5-14-30-22/h1-17H,18H2,(H,34,35)(H,31,32,33)/b13-12+. The smallest absolute Gasteiger partial charge is 0.328 e. The second-order valence-electron chi connectivity index (χ2n) is 7.81. The van der Waals surface area contributed by atoms with Gasteiger partial charge in [0.1, 0.15) is 5.82 Å². The van der Waals surface area contributed by atoms with Gasteiger partial charge in [0.05, 0.1) is 23.1 Å². The molecule has 0 aliphatic carbocycles. The van der Waals surface area contributed by atoms with Crippen LogP contribution in [0.3, 0.4) is 0 Å². The van der Waals surface area contributed by atoms with Gasteiger partial charge in [-0.15, -0.1) is 0 Å². The fourth-order valence-corrected chi connectivity index (χ4v) is 3.81. The molecule has 35 heavy (non-hydrogen) atoms. The summed E-state index contributed by atoms with van der Waals surface area (Å²) < 4.78 is 0. The minimum absolute atomic E-state index is 0.490.